The van der Waals surface area contributed by atoms with Crippen LogP contribution in [0.25, 0.3) is 0 Å². The van der Waals surface area contributed by atoms with Crippen LogP contribution in [0.1, 0.15) is 6.42 Å². The fraction of sp³-hybridized carbons (Fsp3) is 0.857. The van der Waals surface area contributed by atoms with Gasteiger partial charge in [-0.25, -0.2) is 0 Å². The summed E-state index contributed by atoms with van der Waals surface area (Å²) in [6, 6.07) is 0. The number of carbonyl (C=O) groups is 1. The van der Waals surface area contributed by atoms with Crippen LogP contribution in [0.15, 0.2) is 0 Å². The summed E-state index contributed by atoms with van der Waals surface area (Å²) in [5.74, 6) is -0.515. The molecule has 0 aliphatic rings. The largest absolute Gasteiger partial charge is 0.848 e. The van der Waals surface area contributed by atoms with Crippen LogP contribution in [0.4, 0.5) is 0 Å². The van der Waals surface area contributed by atoms with Crippen molar-refractivity contribution in [3.8, 4) is 0 Å². The predicted molar refractivity (Wildman–Crippen MR) is 40.5 cm³/mol. The Hall–Kier alpha value is -0.610. The number of carbonyl (C=O) groups excluding carboxylic acids is 1. The Morgan fingerprint density at radius 2 is 2.00 bits per heavy atom. The molecule has 0 bridgehead atoms. The topological polar surface area (TPSA) is 66.2 Å². The van der Waals surface area contributed by atoms with E-state index in [1.807, 2.05) is 21.1 Å². The average molecular weight is 160 g/mol. The molecule has 0 spiro atoms. The van der Waals surface area contributed by atoms with Crippen LogP contribution in [0, 0.1) is 0 Å². The van der Waals surface area contributed by atoms with Gasteiger partial charge in [-0.15, -0.1) is 0 Å². The molecular weight excluding hydrogens is 144 g/mol. The van der Waals surface area contributed by atoms with Gasteiger partial charge in [-0.05, 0) is 0 Å². The lowest BCUT2D eigenvalue weighted by Gasteiger charge is -2.31. The van der Waals surface area contributed by atoms with Crippen LogP contribution < -0.4 is 10.8 Å². The van der Waals surface area contributed by atoms with Crippen molar-refractivity contribution in [1.29, 1.82) is 0 Å². The third kappa shape index (κ3) is 7.29. The molecule has 0 rings (SSSR count). The maximum atomic E-state index is 11.0. The molecule has 0 saturated heterocycles. The Labute approximate surface area is 67.2 Å². The van der Waals surface area contributed by atoms with E-state index in [0.717, 1.165) is 0 Å². The second-order valence-electron chi connectivity index (χ2n) is 3.77. The number of amides is 1. The summed E-state index contributed by atoms with van der Waals surface area (Å²) in [6.07, 6.45) is -0.928. The Kier molecular flexibility index (Phi) is 3.48. The Morgan fingerprint density at radius 3 is 2.27 bits per heavy atom. The second kappa shape index (κ2) is 3.69. The highest BCUT2D eigenvalue weighted by atomic mass is 16.3. The molecule has 0 heterocycles. The van der Waals surface area contributed by atoms with E-state index < -0.39 is 12.0 Å². The van der Waals surface area contributed by atoms with Crippen LogP contribution >= 0.6 is 0 Å². The highest BCUT2D eigenvalue weighted by Gasteiger charge is 2.10. The fourth-order valence-corrected chi connectivity index (χ4v) is 0.900. The number of nitrogens with two attached hydrogens (primary N) is 1. The van der Waals surface area contributed by atoms with E-state index in [1.54, 1.807) is 0 Å². The Morgan fingerprint density at radius 1 is 1.55 bits per heavy atom. The smallest absolute Gasteiger partial charge is 0.216 e. The number of primary amides is 1. The number of quaternary nitrogens is 1. The fourth-order valence-electron chi connectivity index (χ4n) is 0.900. The van der Waals surface area contributed by atoms with Gasteiger partial charge in [0.25, 0.3) is 0 Å². The van der Waals surface area contributed by atoms with Crippen molar-refractivity contribution in [1.82, 2.24) is 0 Å². The SMILES string of the molecule is C[N+](C)(C)C[C@H]([O-])CC(N)=O. The first-order valence-electron chi connectivity index (χ1n) is 3.56. The molecule has 0 fully saturated rings. The lowest BCUT2D eigenvalue weighted by molar-refractivity contribution is -0.880. The van der Waals surface area contributed by atoms with E-state index in [0.29, 0.717) is 11.0 Å². The number of rotatable bonds is 4. The summed E-state index contributed by atoms with van der Waals surface area (Å²) in [5.41, 5.74) is 4.87. The molecule has 1 atom stereocenters. The van der Waals surface area contributed by atoms with Gasteiger partial charge in [0.1, 0.15) is 0 Å². The zero-order valence-electron chi connectivity index (χ0n) is 7.33. The van der Waals surface area contributed by atoms with Gasteiger partial charge >= 0.3 is 0 Å². The van der Waals surface area contributed by atoms with Gasteiger partial charge in [0.05, 0.1) is 27.7 Å². The average Bonchev–Trinajstić information content (AvgIpc) is 1.53. The van der Waals surface area contributed by atoms with E-state index in [4.69, 9.17) is 5.73 Å². The molecule has 0 saturated carbocycles. The molecule has 11 heavy (non-hydrogen) atoms. The van der Waals surface area contributed by atoms with Gasteiger partial charge in [0.15, 0.2) is 0 Å². The minimum Gasteiger partial charge on any atom is -0.848 e. The van der Waals surface area contributed by atoms with Crippen molar-refractivity contribution < 1.29 is 14.4 Å². The van der Waals surface area contributed by atoms with Crippen LogP contribution in [-0.2, 0) is 4.79 Å². The zero-order chi connectivity index (χ0) is 9.07. The number of hydrogen-bond donors (Lipinski definition) is 1. The number of nitrogens with zero attached hydrogens (tertiary/aromatic N) is 1. The van der Waals surface area contributed by atoms with Crippen LogP contribution in [0.5, 0.6) is 0 Å². The van der Waals surface area contributed by atoms with Crippen molar-refractivity contribution in [2.45, 2.75) is 12.5 Å². The molecule has 4 heteroatoms. The molecule has 1 amide bonds. The van der Waals surface area contributed by atoms with Crippen LogP contribution in [-0.4, -0.2) is 44.2 Å². The van der Waals surface area contributed by atoms with Crippen molar-refractivity contribution in [2.24, 2.45) is 5.73 Å². The molecule has 0 aliphatic carbocycles. The van der Waals surface area contributed by atoms with E-state index in [2.05, 4.69) is 0 Å². The molecule has 0 aromatic heterocycles. The first-order valence-corrected chi connectivity index (χ1v) is 3.56. The molecule has 0 unspecified atom stereocenters. The normalized spacial score (nSPS) is 14.5. The van der Waals surface area contributed by atoms with Gasteiger partial charge in [-0.3, -0.25) is 4.79 Å². The molecular formula is C7H16N2O2. The van der Waals surface area contributed by atoms with Crippen LogP contribution in [0.3, 0.4) is 0 Å². The number of hydrogen-bond acceptors (Lipinski definition) is 2. The highest BCUT2D eigenvalue weighted by Crippen LogP contribution is 1.95. The summed E-state index contributed by atoms with van der Waals surface area (Å²) >= 11 is 0. The first-order chi connectivity index (χ1) is 4.81. The summed E-state index contributed by atoms with van der Waals surface area (Å²) in [4.78, 5) is 10.3. The van der Waals surface area contributed by atoms with Gasteiger partial charge < -0.3 is 15.3 Å². The van der Waals surface area contributed by atoms with Crippen molar-refractivity contribution >= 4 is 5.91 Å². The lowest BCUT2D eigenvalue weighted by Crippen LogP contribution is -2.47. The summed E-state index contributed by atoms with van der Waals surface area (Å²) in [5, 5.41) is 11.0. The van der Waals surface area contributed by atoms with E-state index in [9.17, 15) is 9.90 Å². The van der Waals surface area contributed by atoms with Crippen molar-refractivity contribution in [3.05, 3.63) is 0 Å². The van der Waals surface area contributed by atoms with Gasteiger partial charge in [-0.2, -0.15) is 0 Å². The molecule has 0 aromatic rings. The van der Waals surface area contributed by atoms with Crippen molar-refractivity contribution in [2.75, 3.05) is 27.7 Å². The van der Waals surface area contributed by atoms with Crippen molar-refractivity contribution in [3.63, 3.8) is 0 Å². The minimum atomic E-state index is -0.868. The third-order valence-corrected chi connectivity index (χ3v) is 1.18. The summed E-state index contributed by atoms with van der Waals surface area (Å²) < 4.78 is 0.571. The van der Waals surface area contributed by atoms with E-state index in [1.165, 1.54) is 0 Å². The molecule has 0 radical (unpaired) electrons. The molecule has 0 aliphatic heterocycles. The molecule has 2 N–H and O–H groups in total. The maximum Gasteiger partial charge on any atom is 0.216 e. The summed E-state index contributed by atoms with van der Waals surface area (Å²) in [6.45, 7) is 0.433. The van der Waals surface area contributed by atoms with Gasteiger partial charge in [0, 0.05) is 6.42 Å². The first kappa shape index (κ1) is 10.4. The monoisotopic (exact) mass is 160 g/mol. The third-order valence-electron chi connectivity index (χ3n) is 1.18. The predicted octanol–water partition coefficient (Wildman–Crippen LogP) is -1.70. The standard InChI is InChI=1S/C7H16N2O2/c1-9(2,3)5-6(10)4-7(8)11/h6H,4-5H2,1-3H3,(H2,8,11)/t6-/m1/s1. The van der Waals surface area contributed by atoms with Gasteiger partial charge in [-0.1, -0.05) is 6.10 Å². The second-order valence-corrected chi connectivity index (χ2v) is 3.77. The highest BCUT2D eigenvalue weighted by molar-refractivity contribution is 5.74. The lowest BCUT2D eigenvalue weighted by atomic mass is 10.2. The number of likely N-dealkylation sites (N-methyl/N-ethyl adjacent to an activating group) is 1. The van der Waals surface area contributed by atoms with E-state index in [-0.39, 0.29) is 6.42 Å². The minimum absolute atomic E-state index is 0.0600. The quantitative estimate of drug-likeness (QED) is 0.498. The molecule has 0 aromatic carbocycles. The summed E-state index contributed by atoms with van der Waals surface area (Å²) in [7, 11) is 5.73. The van der Waals surface area contributed by atoms with Gasteiger partial charge in [0.2, 0.25) is 5.91 Å². The van der Waals surface area contributed by atoms with E-state index >= 15 is 0 Å². The molecule has 4 nitrogen and oxygen atoms in total. The zero-order valence-corrected chi connectivity index (χ0v) is 7.33. The maximum absolute atomic E-state index is 11.0. The Balaban J connectivity index is 3.69. The molecule has 66 valence electrons. The Bertz CT molecular complexity index is 140. The van der Waals surface area contributed by atoms with Crippen LogP contribution in [0.2, 0.25) is 0 Å².